The highest BCUT2D eigenvalue weighted by molar-refractivity contribution is 5.91. The minimum Gasteiger partial charge on any atom is -0.373 e. The van der Waals surface area contributed by atoms with Crippen molar-refractivity contribution in [3.63, 3.8) is 0 Å². The maximum Gasteiger partial charge on any atom is 0.289 e. The SMILES string of the molecule is CC(CNC(=O)c1cc(=O)[nH]o1)(Cc1ccc(F)cc1F)C1CC1. The second kappa shape index (κ2) is 6.22. The van der Waals surface area contributed by atoms with Crippen LogP contribution >= 0.6 is 0 Å². The summed E-state index contributed by atoms with van der Waals surface area (Å²) in [5, 5.41) is 4.80. The first kappa shape index (κ1) is 16.4. The van der Waals surface area contributed by atoms with Gasteiger partial charge in [-0.1, -0.05) is 13.0 Å². The highest BCUT2D eigenvalue weighted by Crippen LogP contribution is 2.47. The number of halogens is 2. The Morgan fingerprint density at radius 3 is 2.71 bits per heavy atom. The molecule has 1 amide bonds. The molecule has 2 aromatic rings. The van der Waals surface area contributed by atoms with Crippen LogP contribution in [0.3, 0.4) is 0 Å². The van der Waals surface area contributed by atoms with E-state index in [4.69, 9.17) is 4.52 Å². The van der Waals surface area contributed by atoms with Crippen LogP contribution in [0.15, 0.2) is 33.6 Å². The third-order valence-corrected chi connectivity index (χ3v) is 4.57. The molecule has 1 fully saturated rings. The van der Waals surface area contributed by atoms with Gasteiger partial charge in [0, 0.05) is 12.6 Å². The third kappa shape index (κ3) is 3.55. The normalized spacial score (nSPS) is 16.6. The Kier molecular flexibility index (Phi) is 4.26. The summed E-state index contributed by atoms with van der Waals surface area (Å²) in [5.74, 6) is -1.42. The highest BCUT2D eigenvalue weighted by Gasteiger charge is 2.42. The monoisotopic (exact) mass is 336 g/mol. The van der Waals surface area contributed by atoms with Crippen molar-refractivity contribution in [1.82, 2.24) is 10.5 Å². The molecule has 7 heteroatoms. The molecular weight excluding hydrogens is 318 g/mol. The van der Waals surface area contributed by atoms with E-state index in [1.165, 1.54) is 12.1 Å². The molecule has 24 heavy (non-hydrogen) atoms. The fraction of sp³-hybridized carbons (Fsp3) is 0.412. The standard InChI is InChI=1S/C17H18F2N2O3/c1-17(11-3-4-11,8-10-2-5-12(18)6-13(10)19)9-20-16(23)14-7-15(22)21-24-14/h2,5-7,11H,3-4,8-9H2,1H3,(H,20,23)(H,21,22). The number of rotatable bonds is 6. The Morgan fingerprint density at radius 1 is 1.38 bits per heavy atom. The number of benzene rings is 1. The lowest BCUT2D eigenvalue weighted by molar-refractivity contribution is 0.0889. The van der Waals surface area contributed by atoms with Gasteiger partial charge in [-0.3, -0.25) is 9.59 Å². The van der Waals surface area contributed by atoms with Gasteiger partial charge in [-0.05, 0) is 42.2 Å². The molecule has 0 saturated heterocycles. The average molecular weight is 336 g/mol. The molecule has 1 heterocycles. The molecule has 2 N–H and O–H groups in total. The molecule has 0 spiro atoms. The first-order valence-corrected chi connectivity index (χ1v) is 7.78. The summed E-state index contributed by atoms with van der Waals surface area (Å²) in [6.45, 7) is 2.28. The van der Waals surface area contributed by atoms with Crippen molar-refractivity contribution in [2.24, 2.45) is 11.3 Å². The van der Waals surface area contributed by atoms with E-state index >= 15 is 0 Å². The van der Waals surface area contributed by atoms with Gasteiger partial charge in [0.15, 0.2) is 0 Å². The molecule has 1 saturated carbocycles. The molecule has 1 aromatic carbocycles. The van der Waals surface area contributed by atoms with E-state index in [9.17, 15) is 18.4 Å². The van der Waals surface area contributed by atoms with Crippen molar-refractivity contribution < 1.29 is 18.1 Å². The number of aromatic amines is 1. The maximum absolute atomic E-state index is 13.9. The second-order valence-corrected chi connectivity index (χ2v) is 6.60. The van der Waals surface area contributed by atoms with Crippen LogP contribution < -0.4 is 10.9 Å². The predicted molar refractivity (Wildman–Crippen MR) is 82.6 cm³/mol. The van der Waals surface area contributed by atoms with Gasteiger partial charge in [0.05, 0.1) is 6.07 Å². The van der Waals surface area contributed by atoms with Crippen LogP contribution in [0.1, 0.15) is 35.9 Å². The van der Waals surface area contributed by atoms with Gasteiger partial charge in [-0.25, -0.2) is 8.78 Å². The summed E-state index contributed by atoms with van der Waals surface area (Å²) in [7, 11) is 0. The van der Waals surface area contributed by atoms with Crippen LogP contribution in [0.25, 0.3) is 0 Å². The van der Waals surface area contributed by atoms with Gasteiger partial charge < -0.3 is 9.84 Å². The molecule has 5 nitrogen and oxygen atoms in total. The van der Waals surface area contributed by atoms with Gasteiger partial charge in [-0.15, -0.1) is 0 Å². The first-order chi connectivity index (χ1) is 11.4. The highest BCUT2D eigenvalue weighted by atomic mass is 19.1. The lowest BCUT2D eigenvalue weighted by atomic mass is 9.78. The number of carbonyl (C=O) groups excluding carboxylic acids is 1. The molecule has 1 unspecified atom stereocenters. The number of aromatic nitrogens is 1. The zero-order valence-electron chi connectivity index (χ0n) is 13.2. The Bertz CT molecular complexity index is 810. The molecule has 3 rings (SSSR count). The number of hydrogen-bond acceptors (Lipinski definition) is 3. The fourth-order valence-electron chi connectivity index (χ4n) is 3.00. The van der Waals surface area contributed by atoms with E-state index in [1.807, 2.05) is 6.92 Å². The van der Waals surface area contributed by atoms with Crippen molar-refractivity contribution in [1.29, 1.82) is 0 Å². The lowest BCUT2D eigenvalue weighted by Crippen LogP contribution is -2.38. The molecule has 128 valence electrons. The van der Waals surface area contributed by atoms with Crippen molar-refractivity contribution in [2.75, 3.05) is 6.54 Å². The first-order valence-electron chi connectivity index (χ1n) is 7.78. The molecule has 1 aliphatic rings. The quantitative estimate of drug-likeness (QED) is 0.851. The third-order valence-electron chi connectivity index (χ3n) is 4.57. The smallest absolute Gasteiger partial charge is 0.289 e. The van der Waals surface area contributed by atoms with Crippen LogP contribution in [-0.2, 0) is 6.42 Å². The van der Waals surface area contributed by atoms with E-state index in [-0.39, 0.29) is 11.2 Å². The summed E-state index contributed by atoms with van der Waals surface area (Å²) >= 11 is 0. The molecule has 1 atom stereocenters. The Labute approximate surface area is 137 Å². The zero-order chi connectivity index (χ0) is 17.3. The van der Waals surface area contributed by atoms with Crippen LogP contribution in [0, 0.1) is 23.0 Å². The Balaban J connectivity index is 1.71. The molecular formula is C17H18F2N2O3. The summed E-state index contributed by atoms with van der Waals surface area (Å²) < 4.78 is 31.8. The summed E-state index contributed by atoms with van der Waals surface area (Å²) in [5.41, 5.74) is -0.419. The van der Waals surface area contributed by atoms with Gasteiger partial charge in [0.25, 0.3) is 11.5 Å². The number of H-pyrrole nitrogens is 1. The van der Waals surface area contributed by atoms with Crippen LogP contribution in [0.4, 0.5) is 8.78 Å². The molecule has 0 radical (unpaired) electrons. The predicted octanol–water partition coefficient (Wildman–Crippen LogP) is 2.63. The van der Waals surface area contributed by atoms with E-state index in [0.29, 0.717) is 24.4 Å². The van der Waals surface area contributed by atoms with Crippen molar-refractivity contribution in [2.45, 2.75) is 26.2 Å². The van der Waals surface area contributed by atoms with Crippen LogP contribution in [0.5, 0.6) is 0 Å². The largest absolute Gasteiger partial charge is 0.373 e. The zero-order valence-corrected chi connectivity index (χ0v) is 13.2. The number of hydrogen-bond donors (Lipinski definition) is 2. The van der Waals surface area contributed by atoms with Gasteiger partial charge in [0.1, 0.15) is 11.6 Å². The Hall–Kier alpha value is -2.44. The second-order valence-electron chi connectivity index (χ2n) is 6.60. The van der Waals surface area contributed by atoms with E-state index in [2.05, 4.69) is 10.5 Å². The molecule has 0 bridgehead atoms. The lowest BCUT2D eigenvalue weighted by Gasteiger charge is -2.30. The number of amides is 1. The summed E-state index contributed by atoms with van der Waals surface area (Å²) in [4.78, 5) is 23.0. The molecule has 1 aliphatic carbocycles. The van der Waals surface area contributed by atoms with Crippen molar-refractivity contribution in [3.05, 3.63) is 57.6 Å². The molecule has 0 aliphatic heterocycles. The van der Waals surface area contributed by atoms with Crippen molar-refractivity contribution >= 4 is 5.91 Å². The van der Waals surface area contributed by atoms with Gasteiger partial charge >= 0.3 is 0 Å². The van der Waals surface area contributed by atoms with E-state index < -0.39 is 23.1 Å². The van der Waals surface area contributed by atoms with Crippen LogP contribution in [0.2, 0.25) is 0 Å². The number of carbonyl (C=O) groups is 1. The Morgan fingerprint density at radius 2 is 2.12 bits per heavy atom. The topological polar surface area (TPSA) is 75.1 Å². The number of nitrogens with one attached hydrogen (secondary N) is 2. The van der Waals surface area contributed by atoms with Gasteiger partial charge in [0.2, 0.25) is 5.76 Å². The molecule has 1 aromatic heterocycles. The minimum absolute atomic E-state index is 0.0916. The minimum atomic E-state index is -0.611. The van der Waals surface area contributed by atoms with E-state index in [1.54, 1.807) is 0 Å². The maximum atomic E-state index is 13.9. The van der Waals surface area contributed by atoms with Crippen LogP contribution in [-0.4, -0.2) is 17.6 Å². The summed E-state index contributed by atoms with van der Waals surface area (Å²) in [6.07, 6.45) is 2.41. The fourth-order valence-corrected chi connectivity index (χ4v) is 3.00. The average Bonchev–Trinajstić information content (AvgIpc) is 3.30. The summed E-state index contributed by atoms with van der Waals surface area (Å²) in [6, 6.07) is 4.62. The van der Waals surface area contributed by atoms with Crippen molar-refractivity contribution in [3.8, 4) is 0 Å². The van der Waals surface area contributed by atoms with E-state index in [0.717, 1.165) is 25.0 Å². The van der Waals surface area contributed by atoms with Gasteiger partial charge in [-0.2, -0.15) is 5.16 Å².